The van der Waals surface area contributed by atoms with Crippen LogP contribution in [-0.2, 0) is 32.6 Å². The highest BCUT2D eigenvalue weighted by Crippen LogP contribution is 2.23. The summed E-state index contributed by atoms with van der Waals surface area (Å²) in [6, 6.07) is 21.9. The fourth-order valence-electron chi connectivity index (χ4n) is 4.83. The number of amides is 2. The minimum absolute atomic E-state index is 0.0730. The highest BCUT2D eigenvalue weighted by atomic mass is 32.2. The molecule has 1 N–H and O–H groups in total. The number of rotatable bonds is 15. The van der Waals surface area contributed by atoms with E-state index in [-0.39, 0.29) is 37.2 Å². The number of ether oxygens (including phenoxy) is 1. The topological polar surface area (TPSA) is 96.0 Å². The average molecular weight is 608 g/mol. The van der Waals surface area contributed by atoms with Gasteiger partial charge in [0.2, 0.25) is 21.8 Å². The van der Waals surface area contributed by atoms with Gasteiger partial charge in [-0.05, 0) is 72.7 Å². The number of anilines is 1. The number of nitrogens with one attached hydrogen (secondary N) is 1. The SMILES string of the molecule is COc1cccc(CN(C(=O)CCCN(c2ccc(C)c(C)c2)S(C)(=O)=O)C(Cc2ccccc2)C(=O)NCC(C)C)c1. The molecule has 0 heterocycles. The largest absolute Gasteiger partial charge is 0.497 e. The molecule has 3 rings (SSSR count). The van der Waals surface area contributed by atoms with E-state index in [0.717, 1.165) is 22.3 Å². The predicted octanol–water partition coefficient (Wildman–Crippen LogP) is 5.27. The monoisotopic (exact) mass is 607 g/mol. The second kappa shape index (κ2) is 15.6. The second-order valence-electron chi connectivity index (χ2n) is 11.4. The van der Waals surface area contributed by atoms with Crippen molar-refractivity contribution in [2.75, 3.05) is 30.8 Å². The molecule has 232 valence electrons. The van der Waals surface area contributed by atoms with Crippen LogP contribution in [0.5, 0.6) is 5.75 Å². The van der Waals surface area contributed by atoms with E-state index in [2.05, 4.69) is 5.32 Å². The highest BCUT2D eigenvalue weighted by Gasteiger charge is 2.30. The maximum absolute atomic E-state index is 14.0. The minimum atomic E-state index is -3.58. The summed E-state index contributed by atoms with van der Waals surface area (Å²) in [6.07, 6.45) is 1.88. The molecule has 0 bridgehead atoms. The summed E-state index contributed by atoms with van der Waals surface area (Å²) in [5.41, 5.74) is 4.40. The standard InChI is InChI=1S/C34H45N3O5S/c1-25(2)23-35-34(39)32(22-28-12-8-7-9-13-28)36(24-29-14-10-15-31(21-29)42-5)33(38)16-11-19-37(43(6,40)41)30-18-17-26(3)27(4)20-30/h7-10,12-15,17-18,20-21,25,32H,11,16,19,22-24H2,1-6H3,(H,35,39). The van der Waals surface area contributed by atoms with E-state index in [1.807, 2.05) is 94.4 Å². The first-order valence-electron chi connectivity index (χ1n) is 14.7. The molecule has 3 aromatic rings. The molecule has 0 aliphatic heterocycles. The normalized spacial score (nSPS) is 12.1. The summed E-state index contributed by atoms with van der Waals surface area (Å²) in [7, 11) is -1.99. The molecule has 0 spiro atoms. The molecule has 0 fully saturated rings. The van der Waals surface area contributed by atoms with E-state index in [4.69, 9.17) is 4.74 Å². The Morgan fingerprint density at radius 2 is 1.60 bits per heavy atom. The van der Waals surface area contributed by atoms with Crippen LogP contribution in [0.2, 0.25) is 0 Å². The number of benzene rings is 3. The Balaban J connectivity index is 1.90. The van der Waals surface area contributed by atoms with Crippen molar-refractivity contribution in [3.63, 3.8) is 0 Å². The molecule has 3 aromatic carbocycles. The molecule has 0 aliphatic rings. The van der Waals surface area contributed by atoms with E-state index in [1.165, 1.54) is 10.6 Å². The van der Waals surface area contributed by atoms with Gasteiger partial charge < -0.3 is 15.0 Å². The summed E-state index contributed by atoms with van der Waals surface area (Å²) in [5, 5.41) is 3.03. The van der Waals surface area contributed by atoms with Gasteiger partial charge in [-0.25, -0.2) is 8.42 Å². The summed E-state index contributed by atoms with van der Waals surface area (Å²) in [4.78, 5) is 29.3. The third kappa shape index (κ3) is 10.1. The number of carbonyl (C=O) groups is 2. The average Bonchev–Trinajstić information content (AvgIpc) is 2.97. The van der Waals surface area contributed by atoms with Crippen molar-refractivity contribution in [2.45, 2.75) is 59.5 Å². The van der Waals surface area contributed by atoms with Crippen molar-refractivity contribution in [2.24, 2.45) is 5.92 Å². The van der Waals surface area contributed by atoms with Gasteiger partial charge in [0.15, 0.2) is 0 Å². The zero-order chi connectivity index (χ0) is 31.6. The van der Waals surface area contributed by atoms with Crippen LogP contribution >= 0.6 is 0 Å². The van der Waals surface area contributed by atoms with E-state index < -0.39 is 16.1 Å². The van der Waals surface area contributed by atoms with Crippen molar-refractivity contribution in [1.29, 1.82) is 0 Å². The van der Waals surface area contributed by atoms with Gasteiger partial charge in [0, 0.05) is 32.5 Å². The molecule has 1 unspecified atom stereocenters. The number of hydrogen-bond acceptors (Lipinski definition) is 5. The molecule has 0 aliphatic carbocycles. The summed E-state index contributed by atoms with van der Waals surface area (Å²) in [5.74, 6) is 0.459. The number of aryl methyl sites for hydroxylation is 2. The second-order valence-corrected chi connectivity index (χ2v) is 13.3. The first kappa shape index (κ1) is 33.6. The molecule has 1 atom stereocenters. The van der Waals surface area contributed by atoms with Crippen LogP contribution in [0.4, 0.5) is 5.69 Å². The fourth-order valence-corrected chi connectivity index (χ4v) is 5.79. The van der Waals surface area contributed by atoms with E-state index in [1.54, 1.807) is 18.1 Å². The van der Waals surface area contributed by atoms with Crippen LogP contribution < -0.4 is 14.4 Å². The van der Waals surface area contributed by atoms with E-state index in [0.29, 0.717) is 30.8 Å². The van der Waals surface area contributed by atoms with Gasteiger partial charge in [0.1, 0.15) is 11.8 Å². The number of carbonyl (C=O) groups excluding carboxylic acids is 2. The van der Waals surface area contributed by atoms with Crippen LogP contribution in [0.1, 0.15) is 48.9 Å². The van der Waals surface area contributed by atoms with Gasteiger partial charge in [-0.1, -0.05) is 62.4 Å². The Labute approximate surface area is 257 Å². The van der Waals surface area contributed by atoms with E-state index in [9.17, 15) is 18.0 Å². The highest BCUT2D eigenvalue weighted by molar-refractivity contribution is 7.92. The van der Waals surface area contributed by atoms with Crippen LogP contribution in [0.3, 0.4) is 0 Å². The molecule has 0 saturated carbocycles. The molecule has 8 nitrogen and oxygen atoms in total. The van der Waals surface area contributed by atoms with Crippen LogP contribution in [0, 0.1) is 19.8 Å². The molecule has 0 aromatic heterocycles. The molecular formula is C34H45N3O5S. The van der Waals surface area contributed by atoms with Crippen molar-refractivity contribution >= 4 is 27.5 Å². The maximum Gasteiger partial charge on any atom is 0.243 e. The van der Waals surface area contributed by atoms with Gasteiger partial charge >= 0.3 is 0 Å². The lowest BCUT2D eigenvalue weighted by Crippen LogP contribution is -2.51. The summed E-state index contributed by atoms with van der Waals surface area (Å²) < 4.78 is 32.2. The fraction of sp³-hybridized carbons (Fsp3) is 0.412. The van der Waals surface area contributed by atoms with Gasteiger partial charge in [-0.2, -0.15) is 0 Å². The zero-order valence-electron chi connectivity index (χ0n) is 26.2. The zero-order valence-corrected chi connectivity index (χ0v) is 27.0. The van der Waals surface area contributed by atoms with Gasteiger partial charge in [-0.15, -0.1) is 0 Å². The third-order valence-electron chi connectivity index (χ3n) is 7.37. The number of sulfonamides is 1. The minimum Gasteiger partial charge on any atom is -0.497 e. The first-order valence-corrected chi connectivity index (χ1v) is 16.5. The van der Waals surface area contributed by atoms with Crippen molar-refractivity contribution in [3.05, 3.63) is 95.1 Å². The molecule has 0 radical (unpaired) electrons. The molecular weight excluding hydrogens is 562 g/mol. The first-order chi connectivity index (χ1) is 20.4. The Morgan fingerprint density at radius 1 is 0.907 bits per heavy atom. The number of nitrogens with zero attached hydrogens (tertiary/aromatic N) is 2. The van der Waals surface area contributed by atoms with Crippen LogP contribution in [0.15, 0.2) is 72.8 Å². The molecule has 9 heteroatoms. The number of methoxy groups -OCH3 is 1. The predicted molar refractivity (Wildman–Crippen MR) is 173 cm³/mol. The van der Waals surface area contributed by atoms with Gasteiger partial charge in [0.05, 0.1) is 19.1 Å². The van der Waals surface area contributed by atoms with Crippen LogP contribution in [-0.4, -0.2) is 57.6 Å². The molecule has 43 heavy (non-hydrogen) atoms. The summed E-state index contributed by atoms with van der Waals surface area (Å²) in [6.45, 7) is 8.80. The van der Waals surface area contributed by atoms with Crippen molar-refractivity contribution in [1.82, 2.24) is 10.2 Å². The van der Waals surface area contributed by atoms with Gasteiger partial charge in [0.25, 0.3) is 0 Å². The quantitative estimate of drug-likeness (QED) is 0.254. The lowest BCUT2D eigenvalue weighted by atomic mass is 10.0. The van der Waals surface area contributed by atoms with E-state index >= 15 is 0 Å². The van der Waals surface area contributed by atoms with Crippen molar-refractivity contribution in [3.8, 4) is 5.75 Å². The Morgan fingerprint density at radius 3 is 2.23 bits per heavy atom. The molecule has 2 amide bonds. The van der Waals surface area contributed by atoms with Gasteiger partial charge in [-0.3, -0.25) is 13.9 Å². The van der Waals surface area contributed by atoms with Crippen LogP contribution in [0.25, 0.3) is 0 Å². The lowest BCUT2D eigenvalue weighted by molar-refractivity contribution is -0.141. The Bertz CT molecular complexity index is 1470. The summed E-state index contributed by atoms with van der Waals surface area (Å²) >= 11 is 0. The lowest BCUT2D eigenvalue weighted by Gasteiger charge is -2.32. The smallest absolute Gasteiger partial charge is 0.243 e. The third-order valence-corrected chi connectivity index (χ3v) is 8.57. The molecule has 0 saturated heterocycles. The Hall–Kier alpha value is -3.85. The number of hydrogen-bond donors (Lipinski definition) is 1. The Kier molecular flexibility index (Phi) is 12.2. The van der Waals surface area contributed by atoms with Crippen molar-refractivity contribution < 1.29 is 22.7 Å². The maximum atomic E-state index is 14.0.